The van der Waals surface area contributed by atoms with Gasteiger partial charge in [0.25, 0.3) is 0 Å². The second-order valence-corrected chi connectivity index (χ2v) is 7.79. The van der Waals surface area contributed by atoms with Gasteiger partial charge >= 0.3 is 0 Å². The zero-order chi connectivity index (χ0) is 20.8. The number of halogens is 3. The van der Waals surface area contributed by atoms with Gasteiger partial charge in [-0.1, -0.05) is 53.0 Å². The number of benzene rings is 2. The fourth-order valence-electron chi connectivity index (χ4n) is 2.60. The predicted molar refractivity (Wildman–Crippen MR) is 115 cm³/mol. The molecule has 1 atom stereocenters. The monoisotopic (exact) mass is 441 g/mol. The Morgan fingerprint density at radius 3 is 2.32 bits per heavy atom. The van der Waals surface area contributed by atoms with Crippen LogP contribution in [0.15, 0.2) is 42.5 Å². The third-order valence-corrected chi connectivity index (χ3v) is 5.30. The first-order valence-electron chi connectivity index (χ1n) is 8.62. The van der Waals surface area contributed by atoms with E-state index in [2.05, 4.69) is 5.32 Å². The highest BCUT2D eigenvalue weighted by Gasteiger charge is 2.20. The van der Waals surface area contributed by atoms with Crippen LogP contribution in [-0.4, -0.2) is 48.8 Å². The lowest BCUT2D eigenvalue weighted by atomic mass is 10.1. The fraction of sp³-hybridized carbons (Fsp3) is 0.300. The van der Waals surface area contributed by atoms with E-state index in [9.17, 15) is 9.59 Å². The van der Waals surface area contributed by atoms with Crippen LogP contribution in [-0.2, 0) is 9.59 Å². The van der Waals surface area contributed by atoms with Crippen molar-refractivity contribution in [2.75, 3.05) is 32.5 Å². The van der Waals surface area contributed by atoms with Crippen LogP contribution in [0.2, 0.25) is 15.1 Å². The Balaban J connectivity index is 1.92. The molecule has 0 fully saturated rings. The summed E-state index contributed by atoms with van der Waals surface area (Å²) in [5.41, 5.74) is 1.39. The summed E-state index contributed by atoms with van der Waals surface area (Å²) < 4.78 is 0. The highest BCUT2D eigenvalue weighted by Crippen LogP contribution is 2.29. The Hall–Kier alpha value is -1.79. The molecular weight excluding hydrogens is 421 g/mol. The van der Waals surface area contributed by atoms with E-state index in [1.54, 1.807) is 43.4 Å². The van der Waals surface area contributed by atoms with Gasteiger partial charge in [0.1, 0.15) is 0 Å². The van der Waals surface area contributed by atoms with Crippen molar-refractivity contribution in [3.8, 4) is 0 Å². The van der Waals surface area contributed by atoms with Crippen LogP contribution in [0.25, 0.3) is 0 Å². The van der Waals surface area contributed by atoms with Crippen LogP contribution in [0.5, 0.6) is 0 Å². The Morgan fingerprint density at radius 2 is 1.68 bits per heavy atom. The summed E-state index contributed by atoms with van der Waals surface area (Å²) in [5.74, 6) is -0.505. The lowest BCUT2D eigenvalue weighted by molar-refractivity contribution is -0.134. The van der Waals surface area contributed by atoms with Gasteiger partial charge in [0.05, 0.1) is 23.8 Å². The van der Waals surface area contributed by atoms with Crippen molar-refractivity contribution in [1.29, 1.82) is 0 Å². The smallest absolute Gasteiger partial charge is 0.244 e. The van der Waals surface area contributed by atoms with Crippen molar-refractivity contribution in [3.05, 3.63) is 63.1 Å². The number of para-hydroxylation sites is 1. The van der Waals surface area contributed by atoms with Crippen molar-refractivity contribution in [2.24, 2.45) is 0 Å². The van der Waals surface area contributed by atoms with E-state index in [-0.39, 0.29) is 30.9 Å². The average molecular weight is 443 g/mol. The van der Waals surface area contributed by atoms with Crippen LogP contribution in [0.4, 0.5) is 5.69 Å². The van der Waals surface area contributed by atoms with Gasteiger partial charge in [0.2, 0.25) is 11.8 Å². The number of nitrogens with one attached hydrogen (secondary N) is 1. The first-order chi connectivity index (χ1) is 13.2. The van der Waals surface area contributed by atoms with Gasteiger partial charge in [-0.25, -0.2) is 0 Å². The second kappa shape index (κ2) is 10.1. The number of carbonyl (C=O) groups is 2. The van der Waals surface area contributed by atoms with Crippen molar-refractivity contribution < 1.29 is 9.59 Å². The van der Waals surface area contributed by atoms with Crippen LogP contribution in [0, 0.1) is 0 Å². The molecule has 2 amide bonds. The predicted octanol–water partition coefficient (Wildman–Crippen LogP) is 4.74. The van der Waals surface area contributed by atoms with Crippen molar-refractivity contribution in [2.45, 2.75) is 13.0 Å². The number of anilines is 1. The molecule has 0 heterocycles. The van der Waals surface area contributed by atoms with Crippen LogP contribution in [0.1, 0.15) is 18.5 Å². The van der Waals surface area contributed by atoms with E-state index in [0.717, 1.165) is 5.56 Å². The maximum Gasteiger partial charge on any atom is 0.244 e. The molecule has 8 heteroatoms. The summed E-state index contributed by atoms with van der Waals surface area (Å²) in [6.07, 6.45) is 0. The molecule has 0 saturated heterocycles. The standard InChI is InChI=1S/C20H22Cl3N3O2/c1-13(15-9-8-14(21)10-17(15)23)25(2)12-20(28)26(3)11-19(27)24-18-7-5-4-6-16(18)22/h4-10,13H,11-12H2,1-3H3,(H,24,27). The molecule has 0 radical (unpaired) electrons. The summed E-state index contributed by atoms with van der Waals surface area (Å²) >= 11 is 18.2. The molecular formula is C20H22Cl3N3O2. The maximum atomic E-state index is 12.5. The van der Waals surface area contributed by atoms with E-state index in [4.69, 9.17) is 34.8 Å². The molecule has 0 aliphatic carbocycles. The molecule has 0 saturated carbocycles. The zero-order valence-corrected chi connectivity index (χ0v) is 18.1. The molecule has 0 aromatic heterocycles. The van der Waals surface area contributed by atoms with Gasteiger partial charge in [0.15, 0.2) is 0 Å². The molecule has 2 rings (SSSR count). The summed E-state index contributed by atoms with van der Waals surface area (Å²) in [4.78, 5) is 27.9. The normalized spacial score (nSPS) is 12.0. The maximum absolute atomic E-state index is 12.5. The average Bonchev–Trinajstić information content (AvgIpc) is 2.63. The minimum absolute atomic E-state index is 0.0754. The van der Waals surface area contributed by atoms with E-state index in [0.29, 0.717) is 20.8 Å². The quantitative estimate of drug-likeness (QED) is 0.674. The Bertz CT molecular complexity index is 860. The summed E-state index contributed by atoms with van der Waals surface area (Å²) in [5, 5.41) is 4.25. The molecule has 28 heavy (non-hydrogen) atoms. The van der Waals surface area contributed by atoms with Crippen molar-refractivity contribution in [3.63, 3.8) is 0 Å². The third-order valence-electron chi connectivity index (χ3n) is 4.41. The first-order valence-corrected chi connectivity index (χ1v) is 9.76. The van der Waals surface area contributed by atoms with Gasteiger partial charge in [-0.3, -0.25) is 14.5 Å². The third kappa shape index (κ3) is 6.11. The van der Waals surface area contributed by atoms with E-state index >= 15 is 0 Å². The lowest BCUT2D eigenvalue weighted by Gasteiger charge is -2.27. The number of likely N-dealkylation sites (N-methyl/N-ethyl adjacent to an activating group) is 2. The minimum atomic E-state index is -0.319. The largest absolute Gasteiger partial charge is 0.335 e. The molecule has 1 N–H and O–H groups in total. The summed E-state index contributed by atoms with van der Waals surface area (Å²) in [7, 11) is 3.41. The minimum Gasteiger partial charge on any atom is -0.335 e. The van der Waals surface area contributed by atoms with Crippen molar-refractivity contribution in [1.82, 2.24) is 9.80 Å². The van der Waals surface area contributed by atoms with E-state index in [1.165, 1.54) is 4.90 Å². The highest BCUT2D eigenvalue weighted by molar-refractivity contribution is 6.35. The molecule has 150 valence electrons. The number of hydrogen-bond acceptors (Lipinski definition) is 3. The van der Waals surface area contributed by atoms with Gasteiger partial charge in [-0.2, -0.15) is 0 Å². The molecule has 0 aliphatic heterocycles. The van der Waals surface area contributed by atoms with Crippen molar-refractivity contribution >= 4 is 52.3 Å². The lowest BCUT2D eigenvalue weighted by Crippen LogP contribution is -2.41. The topological polar surface area (TPSA) is 52.7 Å². The molecule has 2 aromatic rings. The fourth-order valence-corrected chi connectivity index (χ4v) is 3.35. The number of amides is 2. The molecule has 0 bridgehead atoms. The zero-order valence-electron chi connectivity index (χ0n) is 15.9. The Labute approximate surface area is 180 Å². The summed E-state index contributed by atoms with van der Waals surface area (Å²) in [6, 6.07) is 12.1. The number of nitrogens with zero attached hydrogens (tertiary/aromatic N) is 2. The van der Waals surface area contributed by atoms with Crippen LogP contribution >= 0.6 is 34.8 Å². The molecule has 0 aliphatic rings. The molecule has 5 nitrogen and oxygen atoms in total. The van der Waals surface area contributed by atoms with Gasteiger partial charge in [-0.15, -0.1) is 0 Å². The molecule has 2 aromatic carbocycles. The SMILES string of the molecule is CC(c1ccc(Cl)cc1Cl)N(C)CC(=O)N(C)CC(=O)Nc1ccccc1Cl. The van der Waals surface area contributed by atoms with Crippen LogP contribution in [0.3, 0.4) is 0 Å². The van der Waals surface area contributed by atoms with Gasteiger partial charge < -0.3 is 10.2 Å². The second-order valence-electron chi connectivity index (χ2n) is 6.53. The highest BCUT2D eigenvalue weighted by atomic mass is 35.5. The molecule has 1 unspecified atom stereocenters. The molecule has 0 spiro atoms. The van der Waals surface area contributed by atoms with E-state index in [1.807, 2.05) is 24.9 Å². The van der Waals surface area contributed by atoms with Crippen LogP contribution < -0.4 is 5.32 Å². The Kier molecular flexibility index (Phi) is 8.13. The van der Waals surface area contributed by atoms with Gasteiger partial charge in [-0.05, 0) is 43.8 Å². The van der Waals surface area contributed by atoms with Gasteiger partial charge in [0, 0.05) is 23.1 Å². The number of carbonyl (C=O) groups excluding carboxylic acids is 2. The summed E-state index contributed by atoms with van der Waals surface area (Å²) in [6.45, 7) is 2.01. The number of hydrogen-bond donors (Lipinski definition) is 1. The number of rotatable bonds is 7. The van der Waals surface area contributed by atoms with E-state index < -0.39 is 0 Å². The first kappa shape index (κ1) is 22.5. The Morgan fingerprint density at radius 1 is 1.00 bits per heavy atom.